The highest BCUT2D eigenvalue weighted by atomic mass is 16.5. The van der Waals surface area contributed by atoms with E-state index in [9.17, 15) is 9.59 Å². The molecule has 0 aromatic heterocycles. The third-order valence-corrected chi connectivity index (χ3v) is 5.40. The van der Waals surface area contributed by atoms with Crippen molar-refractivity contribution in [1.82, 2.24) is 4.90 Å². The van der Waals surface area contributed by atoms with E-state index >= 15 is 0 Å². The first-order valence-electron chi connectivity index (χ1n) is 10.7. The Morgan fingerprint density at radius 1 is 1.06 bits per heavy atom. The molecule has 7 heteroatoms. The predicted octanol–water partition coefficient (Wildman–Crippen LogP) is 2.88. The second-order valence-corrected chi connectivity index (χ2v) is 7.98. The maximum atomic E-state index is 13.4. The van der Waals surface area contributed by atoms with Gasteiger partial charge in [-0.25, -0.2) is 0 Å². The summed E-state index contributed by atoms with van der Waals surface area (Å²) < 4.78 is 17.0. The summed E-state index contributed by atoms with van der Waals surface area (Å²) in [5, 5.41) is 0. The van der Waals surface area contributed by atoms with E-state index in [0.717, 1.165) is 5.56 Å². The number of hydrogen-bond acceptors (Lipinski definition) is 5. The van der Waals surface area contributed by atoms with Crippen LogP contribution in [0.15, 0.2) is 48.5 Å². The minimum absolute atomic E-state index is 0.114. The molecule has 4 rings (SSSR count). The summed E-state index contributed by atoms with van der Waals surface area (Å²) in [4.78, 5) is 29.8. The van der Waals surface area contributed by atoms with Gasteiger partial charge in [-0.05, 0) is 43.7 Å². The molecule has 7 nitrogen and oxygen atoms in total. The first-order chi connectivity index (χ1) is 15.0. The van der Waals surface area contributed by atoms with E-state index in [1.54, 1.807) is 28.0 Å². The second kappa shape index (κ2) is 9.49. The average Bonchev–Trinajstić information content (AvgIpc) is 2.82. The normalized spacial score (nSPS) is 18.5. The van der Waals surface area contributed by atoms with Gasteiger partial charge in [-0.2, -0.15) is 0 Å². The first kappa shape index (κ1) is 21.3. The van der Waals surface area contributed by atoms with E-state index in [2.05, 4.69) is 0 Å². The lowest BCUT2D eigenvalue weighted by Crippen LogP contribution is -2.54. The van der Waals surface area contributed by atoms with Crippen LogP contribution < -0.4 is 9.64 Å². The van der Waals surface area contributed by atoms with Gasteiger partial charge in [-0.3, -0.25) is 9.59 Å². The largest absolute Gasteiger partial charge is 0.476 e. The van der Waals surface area contributed by atoms with Gasteiger partial charge in [-0.1, -0.05) is 24.3 Å². The summed E-state index contributed by atoms with van der Waals surface area (Å²) in [7, 11) is 0. The number of anilines is 1. The topological polar surface area (TPSA) is 68.3 Å². The van der Waals surface area contributed by atoms with Crippen molar-refractivity contribution in [2.24, 2.45) is 0 Å². The van der Waals surface area contributed by atoms with Crippen LogP contribution in [0.1, 0.15) is 29.8 Å². The smallest absolute Gasteiger partial charge is 0.265 e. The summed E-state index contributed by atoms with van der Waals surface area (Å²) in [6, 6.07) is 14.7. The highest BCUT2D eigenvalue weighted by Crippen LogP contribution is 2.34. The fourth-order valence-corrected chi connectivity index (χ4v) is 3.70. The Hall–Kier alpha value is -2.90. The molecule has 31 heavy (non-hydrogen) atoms. The van der Waals surface area contributed by atoms with E-state index < -0.39 is 6.10 Å². The van der Waals surface area contributed by atoms with Crippen LogP contribution in [0.25, 0.3) is 0 Å². The number of hydrogen-bond donors (Lipinski definition) is 0. The zero-order chi connectivity index (χ0) is 21.8. The summed E-state index contributed by atoms with van der Waals surface area (Å²) >= 11 is 0. The van der Waals surface area contributed by atoms with Gasteiger partial charge in [0.1, 0.15) is 5.75 Å². The lowest BCUT2D eigenvalue weighted by Gasteiger charge is -2.37. The van der Waals surface area contributed by atoms with Crippen molar-refractivity contribution < 1.29 is 23.8 Å². The molecule has 2 aromatic rings. The molecule has 2 aliphatic heterocycles. The van der Waals surface area contributed by atoms with Crippen LogP contribution in [0.3, 0.4) is 0 Å². The van der Waals surface area contributed by atoms with Gasteiger partial charge in [0.15, 0.2) is 6.10 Å². The van der Waals surface area contributed by atoms with Crippen LogP contribution >= 0.6 is 0 Å². The number of benzene rings is 2. The number of ether oxygens (including phenoxy) is 3. The van der Waals surface area contributed by atoms with Crippen LogP contribution in [0.2, 0.25) is 0 Å². The minimum Gasteiger partial charge on any atom is -0.476 e. The Morgan fingerprint density at radius 3 is 2.48 bits per heavy atom. The molecular formula is C24H28N2O5. The maximum absolute atomic E-state index is 13.4. The number of carbonyl (C=O) groups excluding carboxylic acids is 2. The number of carbonyl (C=O) groups is 2. The molecule has 2 amide bonds. The lowest BCUT2D eigenvalue weighted by atomic mass is 10.1. The number of rotatable bonds is 5. The van der Waals surface area contributed by atoms with Crippen molar-refractivity contribution in [2.75, 3.05) is 37.7 Å². The van der Waals surface area contributed by atoms with Gasteiger partial charge < -0.3 is 24.0 Å². The molecular weight excluding hydrogens is 396 g/mol. The Labute approximate surface area is 182 Å². The van der Waals surface area contributed by atoms with Crippen LogP contribution in [0, 0.1) is 0 Å². The third kappa shape index (κ3) is 4.89. The molecule has 0 bridgehead atoms. The Balaban J connectivity index is 1.54. The number of amides is 2. The minimum atomic E-state index is -0.740. The maximum Gasteiger partial charge on any atom is 0.265 e. The highest BCUT2D eigenvalue weighted by molar-refractivity contribution is 6.07. The zero-order valence-corrected chi connectivity index (χ0v) is 18.0. The SMILES string of the molecule is CC(C)OCc1ccc(C(=O)N2CC(C(=O)N3CCOCC3)Oc3ccccc32)cc1. The van der Waals surface area contributed by atoms with Crippen LogP contribution in [-0.2, 0) is 20.9 Å². The monoisotopic (exact) mass is 424 g/mol. The van der Waals surface area contributed by atoms with Crippen molar-refractivity contribution in [3.05, 3.63) is 59.7 Å². The van der Waals surface area contributed by atoms with Crippen molar-refractivity contribution in [3.8, 4) is 5.75 Å². The van der Waals surface area contributed by atoms with Gasteiger partial charge in [0, 0.05) is 18.7 Å². The highest BCUT2D eigenvalue weighted by Gasteiger charge is 2.36. The van der Waals surface area contributed by atoms with Gasteiger partial charge in [0.2, 0.25) is 0 Å². The molecule has 0 spiro atoms. The van der Waals surface area contributed by atoms with E-state index in [4.69, 9.17) is 14.2 Å². The summed E-state index contributed by atoms with van der Waals surface area (Å²) in [6.45, 7) is 6.76. The van der Waals surface area contributed by atoms with Crippen molar-refractivity contribution in [1.29, 1.82) is 0 Å². The van der Waals surface area contributed by atoms with E-state index in [-0.39, 0.29) is 24.5 Å². The van der Waals surface area contributed by atoms with Crippen LogP contribution in [-0.4, -0.2) is 61.8 Å². The predicted molar refractivity (Wildman–Crippen MR) is 116 cm³/mol. The molecule has 2 heterocycles. The molecule has 0 radical (unpaired) electrons. The molecule has 0 saturated carbocycles. The fraction of sp³-hybridized carbons (Fsp3) is 0.417. The Kier molecular flexibility index (Phi) is 6.53. The first-order valence-corrected chi connectivity index (χ1v) is 10.7. The van der Waals surface area contributed by atoms with Crippen LogP contribution in [0.4, 0.5) is 5.69 Å². The lowest BCUT2D eigenvalue weighted by molar-refractivity contribution is -0.142. The van der Waals surface area contributed by atoms with Gasteiger partial charge >= 0.3 is 0 Å². The molecule has 164 valence electrons. The number of nitrogens with zero attached hydrogens (tertiary/aromatic N) is 2. The Bertz CT molecular complexity index is 922. The van der Waals surface area contributed by atoms with E-state index in [0.29, 0.717) is 49.9 Å². The number of fused-ring (bicyclic) bond motifs is 1. The van der Waals surface area contributed by atoms with Crippen LogP contribution in [0.5, 0.6) is 5.75 Å². The van der Waals surface area contributed by atoms with Crippen molar-refractivity contribution in [2.45, 2.75) is 32.7 Å². The van der Waals surface area contributed by atoms with Gasteiger partial charge in [0.25, 0.3) is 11.8 Å². The molecule has 0 N–H and O–H groups in total. The van der Waals surface area contributed by atoms with Gasteiger partial charge in [0.05, 0.1) is 38.2 Å². The number of morpholine rings is 1. The quantitative estimate of drug-likeness (QED) is 0.738. The molecule has 2 aromatic carbocycles. The summed E-state index contributed by atoms with van der Waals surface area (Å²) in [6.07, 6.45) is -0.595. The molecule has 1 saturated heterocycles. The van der Waals surface area contributed by atoms with Crippen molar-refractivity contribution in [3.63, 3.8) is 0 Å². The fourth-order valence-electron chi connectivity index (χ4n) is 3.70. The van der Waals surface area contributed by atoms with Gasteiger partial charge in [-0.15, -0.1) is 0 Å². The second-order valence-electron chi connectivity index (χ2n) is 7.98. The average molecular weight is 424 g/mol. The Morgan fingerprint density at radius 2 is 1.77 bits per heavy atom. The van der Waals surface area contributed by atoms with E-state index in [1.807, 2.05) is 44.2 Å². The zero-order valence-electron chi connectivity index (χ0n) is 18.0. The standard InChI is InChI=1S/C24H28N2O5/c1-17(2)30-16-18-7-9-19(10-8-18)23(27)26-15-22(24(28)25-11-13-29-14-12-25)31-21-6-4-3-5-20(21)26/h3-10,17,22H,11-16H2,1-2H3. The molecule has 1 unspecified atom stereocenters. The summed E-state index contributed by atoms with van der Waals surface area (Å²) in [5.41, 5.74) is 2.24. The van der Waals surface area contributed by atoms with E-state index in [1.165, 1.54) is 0 Å². The molecule has 1 fully saturated rings. The number of para-hydroxylation sites is 2. The van der Waals surface area contributed by atoms with Crippen molar-refractivity contribution >= 4 is 17.5 Å². The molecule has 1 atom stereocenters. The summed E-state index contributed by atoms with van der Waals surface area (Å²) in [5.74, 6) is 0.263. The molecule has 2 aliphatic rings. The third-order valence-electron chi connectivity index (χ3n) is 5.40. The molecule has 0 aliphatic carbocycles.